The second kappa shape index (κ2) is 13.0. The Morgan fingerprint density at radius 1 is 1.16 bits per heavy atom. The molecule has 1 saturated carbocycles. The maximum atomic E-state index is 14.6. The number of pyridine rings is 1. The molecule has 3 fully saturated rings. The van der Waals surface area contributed by atoms with Gasteiger partial charge in [0.15, 0.2) is 16.0 Å². The fourth-order valence-electron chi connectivity index (χ4n) is 5.86. The van der Waals surface area contributed by atoms with Crippen molar-refractivity contribution in [1.29, 1.82) is 0 Å². The smallest absolute Gasteiger partial charge is 0.377 e. The van der Waals surface area contributed by atoms with Gasteiger partial charge in [0.2, 0.25) is 15.0 Å². The molecule has 2 saturated heterocycles. The predicted molar refractivity (Wildman–Crippen MR) is 179 cm³/mol. The second-order valence-electron chi connectivity index (χ2n) is 14.1. The average Bonchev–Trinajstić information content (AvgIpc) is 3.52. The molecular weight excluding hydrogens is 727 g/mol. The Hall–Kier alpha value is -2.39. The molecule has 2 aliphatic heterocycles. The number of rotatable bonds is 12. The van der Waals surface area contributed by atoms with Crippen molar-refractivity contribution in [3.63, 3.8) is 0 Å². The highest BCUT2D eigenvalue weighted by atomic mass is 35.5. The number of alkyl halides is 3. The van der Waals surface area contributed by atoms with Crippen LogP contribution in [0.3, 0.4) is 0 Å². The summed E-state index contributed by atoms with van der Waals surface area (Å²) in [6.07, 6.45) is -2.13. The van der Waals surface area contributed by atoms with Gasteiger partial charge >= 0.3 is 6.18 Å². The Balaban J connectivity index is 1.41. The molecule has 5 heterocycles. The zero-order valence-corrected chi connectivity index (χ0v) is 31.2. The van der Waals surface area contributed by atoms with Gasteiger partial charge in [0.25, 0.3) is 5.91 Å². The number of fused-ring (bicyclic) bond motifs is 1. The lowest BCUT2D eigenvalue weighted by Gasteiger charge is -2.45. The normalized spacial score (nSPS) is 19.5. The number of carbonyl (C=O) groups excluding carboxylic acids is 1. The van der Waals surface area contributed by atoms with Crippen molar-refractivity contribution in [1.82, 2.24) is 28.8 Å². The van der Waals surface area contributed by atoms with Gasteiger partial charge in [-0.1, -0.05) is 42.6 Å². The maximum Gasteiger partial charge on any atom is 0.445 e. The quantitative estimate of drug-likeness (QED) is 0.148. The van der Waals surface area contributed by atoms with E-state index in [2.05, 4.69) is 34.8 Å². The minimum absolute atomic E-state index is 0.0570. The number of halogens is 4. The van der Waals surface area contributed by atoms with E-state index in [1.165, 1.54) is 28.1 Å². The van der Waals surface area contributed by atoms with Gasteiger partial charge in [-0.25, -0.2) is 13.4 Å². The lowest BCUT2D eigenvalue weighted by molar-refractivity contribution is -0.145. The number of hydrogen-bond acceptors (Lipinski definition) is 11. The molecule has 3 aromatic heterocycles. The largest absolute Gasteiger partial charge is 0.445 e. The van der Waals surface area contributed by atoms with Crippen LogP contribution in [0.1, 0.15) is 24.8 Å². The van der Waals surface area contributed by atoms with Gasteiger partial charge < -0.3 is 24.0 Å². The summed E-state index contributed by atoms with van der Waals surface area (Å²) in [4.78, 5) is 21.0. The molecule has 1 amide bonds. The number of sulfonamides is 1. The molecule has 0 aromatic carbocycles. The summed E-state index contributed by atoms with van der Waals surface area (Å²) in [5.41, 5.74) is -1.01. The van der Waals surface area contributed by atoms with Gasteiger partial charge in [0, 0.05) is 54.2 Å². The Kier molecular flexibility index (Phi) is 9.64. The van der Waals surface area contributed by atoms with E-state index in [0.29, 0.717) is 51.3 Å². The molecule has 3 aliphatic rings. The lowest BCUT2D eigenvalue weighted by atomic mass is 10.0. The summed E-state index contributed by atoms with van der Waals surface area (Å²) < 4.78 is 89.2. The summed E-state index contributed by atoms with van der Waals surface area (Å²) in [6, 6.07) is 2.33. The van der Waals surface area contributed by atoms with E-state index >= 15 is 0 Å². The van der Waals surface area contributed by atoms with Gasteiger partial charge in [0.1, 0.15) is 22.7 Å². The van der Waals surface area contributed by atoms with Crippen LogP contribution in [-0.2, 0) is 35.2 Å². The highest BCUT2D eigenvalue weighted by Gasteiger charge is 2.53. The summed E-state index contributed by atoms with van der Waals surface area (Å²) in [6.45, 7) is 10.2. The Morgan fingerprint density at radius 3 is 2.37 bits per heavy atom. The van der Waals surface area contributed by atoms with Crippen LogP contribution in [0.2, 0.25) is 30.8 Å². The highest BCUT2D eigenvalue weighted by Crippen LogP contribution is 2.42. The van der Waals surface area contributed by atoms with Crippen LogP contribution in [-0.4, -0.2) is 122 Å². The Labute approximate surface area is 292 Å². The van der Waals surface area contributed by atoms with Crippen molar-refractivity contribution in [3.8, 4) is 10.8 Å². The SMILES string of the molecule is COC1(C(=O)N2CCN(c3cc(S(=O)(=O)N(COCC[Si](C)(C)C)C4(C)COC4)cn4c(-c5nnc(C(F)(F)F)s5)nc(Cl)c34)CC2)CC1. The topological polar surface area (TPSA) is 132 Å². The maximum absolute atomic E-state index is 14.6. The van der Waals surface area contributed by atoms with Crippen molar-refractivity contribution in [2.75, 3.05) is 64.7 Å². The van der Waals surface area contributed by atoms with Gasteiger partial charge in [-0.15, -0.1) is 10.2 Å². The third-order valence-electron chi connectivity index (χ3n) is 9.12. The van der Waals surface area contributed by atoms with Gasteiger partial charge in [-0.2, -0.15) is 17.5 Å². The van der Waals surface area contributed by atoms with E-state index in [9.17, 15) is 26.4 Å². The van der Waals surface area contributed by atoms with Crippen molar-refractivity contribution < 1.29 is 40.6 Å². The number of amides is 1. The number of nitrogens with zero attached hydrogens (tertiary/aromatic N) is 7. The third-order valence-corrected chi connectivity index (χ3v) is 14.0. The predicted octanol–water partition coefficient (Wildman–Crippen LogP) is 4.44. The molecular formula is C29H39ClF3N7O6S2Si. The van der Waals surface area contributed by atoms with Crippen LogP contribution < -0.4 is 4.90 Å². The van der Waals surface area contributed by atoms with Gasteiger partial charge in [-0.05, 0) is 31.9 Å². The summed E-state index contributed by atoms with van der Waals surface area (Å²) in [5.74, 6) is -0.176. The first-order valence-corrected chi connectivity index (χ1v) is 22.1. The molecule has 49 heavy (non-hydrogen) atoms. The number of piperazine rings is 1. The number of anilines is 1. The van der Waals surface area contributed by atoms with Crippen LogP contribution in [0.25, 0.3) is 16.3 Å². The number of carbonyl (C=O) groups is 1. The molecule has 0 bridgehead atoms. The average molecular weight is 766 g/mol. The molecule has 0 unspecified atom stereocenters. The van der Waals surface area contributed by atoms with Crippen molar-refractivity contribution >= 4 is 58.1 Å². The van der Waals surface area contributed by atoms with Crippen molar-refractivity contribution in [2.45, 2.75) is 67.7 Å². The molecule has 0 radical (unpaired) electrons. The zero-order chi connectivity index (χ0) is 35.6. The van der Waals surface area contributed by atoms with Crippen LogP contribution in [0.15, 0.2) is 17.2 Å². The molecule has 20 heteroatoms. The molecule has 3 aromatic rings. The van der Waals surface area contributed by atoms with E-state index in [4.69, 9.17) is 25.8 Å². The zero-order valence-electron chi connectivity index (χ0n) is 27.8. The first-order valence-electron chi connectivity index (χ1n) is 15.8. The molecule has 6 rings (SSSR count). The summed E-state index contributed by atoms with van der Waals surface area (Å²) in [7, 11) is -4.25. The van der Waals surface area contributed by atoms with Crippen LogP contribution in [0, 0.1) is 0 Å². The molecule has 270 valence electrons. The molecule has 0 spiro atoms. The summed E-state index contributed by atoms with van der Waals surface area (Å²) in [5, 5.41) is 5.60. The minimum atomic E-state index is -4.73. The van der Waals surface area contributed by atoms with E-state index in [1.807, 2.05) is 4.90 Å². The third kappa shape index (κ3) is 7.09. The van der Waals surface area contributed by atoms with Crippen molar-refractivity contribution in [3.05, 3.63) is 22.4 Å². The Bertz CT molecular complexity index is 1840. The fourth-order valence-corrected chi connectivity index (χ4v) is 9.23. The first-order chi connectivity index (χ1) is 22.9. The van der Waals surface area contributed by atoms with E-state index in [1.54, 1.807) is 11.8 Å². The summed E-state index contributed by atoms with van der Waals surface area (Å²) >= 11 is 6.95. The monoisotopic (exact) mass is 765 g/mol. The molecule has 0 N–H and O–H groups in total. The highest BCUT2D eigenvalue weighted by molar-refractivity contribution is 7.89. The molecule has 1 aliphatic carbocycles. The number of aromatic nitrogens is 4. The number of hydrogen-bond donors (Lipinski definition) is 0. The lowest BCUT2D eigenvalue weighted by Crippen LogP contribution is -2.62. The van der Waals surface area contributed by atoms with Gasteiger partial charge in [0.05, 0.1) is 24.4 Å². The van der Waals surface area contributed by atoms with Crippen molar-refractivity contribution in [2.24, 2.45) is 0 Å². The van der Waals surface area contributed by atoms with Crippen LogP contribution >= 0.6 is 22.9 Å². The number of ether oxygens (including phenoxy) is 3. The number of methoxy groups -OCH3 is 1. The van der Waals surface area contributed by atoms with E-state index in [-0.39, 0.29) is 63.6 Å². The van der Waals surface area contributed by atoms with Gasteiger partial charge in [-0.3, -0.25) is 9.20 Å². The second-order valence-corrected chi connectivity index (χ2v) is 22.9. The number of imidazole rings is 1. The standard InChI is InChI=1S/C29H39ClF3N7O6S2Si/c1-27(16-46-17-27)40(18-45-12-13-49(3,4)5)48(42,43)19-14-20(37-8-10-38(11-9-37)26(41)28(44-2)6-7-28)21-22(30)34-23(39(21)15-19)24-35-36-25(47-24)29(31,32)33/h14-15H,6-13,16-18H2,1-5H3. The van der Waals surface area contributed by atoms with E-state index in [0.717, 1.165) is 6.04 Å². The van der Waals surface area contributed by atoms with Crippen LogP contribution in [0.5, 0.6) is 0 Å². The van der Waals surface area contributed by atoms with Crippen LogP contribution in [0.4, 0.5) is 18.9 Å². The fraction of sp³-hybridized carbons (Fsp3) is 0.655. The minimum Gasteiger partial charge on any atom is -0.377 e. The molecule has 13 nitrogen and oxygen atoms in total. The molecule has 0 atom stereocenters. The van der Waals surface area contributed by atoms with E-state index < -0.39 is 40.4 Å². The first kappa shape index (κ1) is 36.4. The Morgan fingerprint density at radius 2 is 1.84 bits per heavy atom.